The summed E-state index contributed by atoms with van der Waals surface area (Å²) < 4.78 is 7.26. The van der Waals surface area contributed by atoms with Crippen molar-refractivity contribution in [3.63, 3.8) is 0 Å². The number of hydrogen-bond donors (Lipinski definition) is 1. The molecule has 0 bridgehead atoms. The molecule has 1 fully saturated rings. The molecular weight excluding hydrogens is 362 g/mol. The first kappa shape index (κ1) is 19.4. The molecule has 2 aromatic carbocycles. The van der Waals surface area contributed by atoms with Gasteiger partial charge in [0.25, 0.3) is 0 Å². The first-order valence-electron chi connectivity index (χ1n) is 10.3. The van der Waals surface area contributed by atoms with E-state index in [4.69, 9.17) is 4.74 Å². The zero-order chi connectivity index (χ0) is 20.4. The number of aryl methyl sites for hydroxylation is 2. The molecule has 6 nitrogen and oxygen atoms in total. The van der Waals surface area contributed by atoms with Crippen LogP contribution in [0.2, 0.25) is 0 Å². The molecule has 1 aliphatic carbocycles. The van der Waals surface area contributed by atoms with Gasteiger partial charge in [-0.25, -0.2) is 0 Å². The predicted molar refractivity (Wildman–Crippen MR) is 115 cm³/mol. The third-order valence-electron chi connectivity index (χ3n) is 5.93. The van der Waals surface area contributed by atoms with E-state index in [0.717, 1.165) is 48.6 Å². The Morgan fingerprint density at radius 2 is 1.79 bits per heavy atom. The van der Waals surface area contributed by atoms with Crippen molar-refractivity contribution in [2.75, 3.05) is 12.4 Å². The highest BCUT2D eigenvalue weighted by Gasteiger charge is 2.41. The van der Waals surface area contributed by atoms with Gasteiger partial charge in [0.1, 0.15) is 5.75 Å². The third-order valence-corrected chi connectivity index (χ3v) is 5.93. The van der Waals surface area contributed by atoms with Crippen LogP contribution < -0.4 is 10.1 Å². The molecule has 152 valence electrons. The molecule has 1 saturated carbocycles. The Kier molecular flexibility index (Phi) is 5.26. The summed E-state index contributed by atoms with van der Waals surface area (Å²) in [6.07, 6.45) is 4.27. The predicted octanol–water partition coefficient (Wildman–Crippen LogP) is 4.81. The molecule has 4 rings (SSSR count). The Morgan fingerprint density at radius 3 is 2.48 bits per heavy atom. The maximum atomic E-state index is 5.40. The first-order chi connectivity index (χ1) is 14.0. The van der Waals surface area contributed by atoms with Crippen molar-refractivity contribution in [2.45, 2.75) is 52.0 Å². The normalized spacial score (nSPS) is 21.7. The number of aromatic nitrogens is 4. The zero-order valence-corrected chi connectivity index (χ0v) is 17.6. The fourth-order valence-electron chi connectivity index (χ4n) is 4.38. The van der Waals surface area contributed by atoms with Gasteiger partial charge in [0.05, 0.1) is 18.3 Å². The second kappa shape index (κ2) is 7.85. The van der Waals surface area contributed by atoms with Crippen LogP contribution in [0.4, 0.5) is 5.69 Å². The number of nitrogens with zero attached hydrogens (tertiary/aromatic N) is 4. The minimum absolute atomic E-state index is 0.306. The highest BCUT2D eigenvalue weighted by molar-refractivity contribution is 5.51. The molecule has 0 radical (unpaired) electrons. The Bertz CT molecular complexity index is 968. The summed E-state index contributed by atoms with van der Waals surface area (Å²) in [4.78, 5) is 0. The van der Waals surface area contributed by atoms with Gasteiger partial charge in [-0.05, 0) is 91.3 Å². The average Bonchev–Trinajstić information content (AvgIpc) is 3.20. The molecule has 1 heterocycles. The van der Waals surface area contributed by atoms with Gasteiger partial charge in [-0.15, -0.1) is 5.10 Å². The molecule has 0 aliphatic heterocycles. The summed E-state index contributed by atoms with van der Waals surface area (Å²) in [5.74, 6) is 2.36. The molecule has 0 saturated heterocycles. The summed E-state index contributed by atoms with van der Waals surface area (Å²) >= 11 is 0. The van der Waals surface area contributed by atoms with Gasteiger partial charge in [0.15, 0.2) is 5.82 Å². The molecule has 0 amide bonds. The maximum absolute atomic E-state index is 5.40. The molecule has 0 spiro atoms. The van der Waals surface area contributed by atoms with Crippen LogP contribution in [0.25, 0.3) is 5.69 Å². The van der Waals surface area contributed by atoms with Crippen molar-refractivity contribution < 1.29 is 4.74 Å². The third kappa shape index (κ3) is 3.97. The molecular formula is C23H29N5O. The van der Waals surface area contributed by atoms with Crippen molar-refractivity contribution in [3.05, 3.63) is 59.4 Å². The zero-order valence-electron chi connectivity index (χ0n) is 17.6. The highest BCUT2D eigenvalue weighted by Crippen LogP contribution is 2.42. The van der Waals surface area contributed by atoms with E-state index in [1.54, 1.807) is 7.11 Å². The van der Waals surface area contributed by atoms with Crippen molar-refractivity contribution >= 4 is 5.69 Å². The minimum Gasteiger partial charge on any atom is -0.497 e. The monoisotopic (exact) mass is 391 g/mol. The Hall–Kier alpha value is -2.89. The molecule has 29 heavy (non-hydrogen) atoms. The van der Waals surface area contributed by atoms with E-state index >= 15 is 0 Å². The molecule has 1 N–H and O–H groups in total. The van der Waals surface area contributed by atoms with Crippen LogP contribution >= 0.6 is 0 Å². The fraction of sp³-hybridized carbons (Fsp3) is 0.435. The smallest absolute Gasteiger partial charge is 0.181 e. The minimum atomic E-state index is -0.306. The second-order valence-corrected chi connectivity index (χ2v) is 8.38. The van der Waals surface area contributed by atoms with Crippen molar-refractivity contribution in [1.29, 1.82) is 0 Å². The molecule has 6 heteroatoms. The van der Waals surface area contributed by atoms with E-state index in [1.165, 1.54) is 11.1 Å². The first-order valence-corrected chi connectivity index (χ1v) is 10.3. The topological polar surface area (TPSA) is 64.9 Å². The van der Waals surface area contributed by atoms with Crippen LogP contribution in [0.15, 0.2) is 42.5 Å². The molecule has 3 aromatic rings. The van der Waals surface area contributed by atoms with Gasteiger partial charge < -0.3 is 10.1 Å². The van der Waals surface area contributed by atoms with E-state index in [1.807, 2.05) is 28.9 Å². The van der Waals surface area contributed by atoms with E-state index in [0.29, 0.717) is 5.92 Å². The number of methoxy groups -OCH3 is 1. The molecule has 0 atom stereocenters. The lowest BCUT2D eigenvalue weighted by Crippen LogP contribution is -2.41. The van der Waals surface area contributed by atoms with Crippen LogP contribution in [-0.4, -0.2) is 27.3 Å². The van der Waals surface area contributed by atoms with E-state index < -0.39 is 0 Å². The van der Waals surface area contributed by atoms with Crippen molar-refractivity contribution in [3.8, 4) is 11.4 Å². The summed E-state index contributed by atoms with van der Waals surface area (Å²) in [7, 11) is 1.67. The van der Waals surface area contributed by atoms with Crippen molar-refractivity contribution in [2.24, 2.45) is 5.92 Å². The quantitative estimate of drug-likeness (QED) is 0.676. The lowest BCUT2D eigenvalue weighted by atomic mass is 9.76. The standard InChI is InChI=1S/C23H29N5O/c1-16-8-10-23(11-9-16,24-19-13-17(2)12-18(3)14-19)22-25-26-27-28(22)20-6-5-7-21(15-20)29-4/h5-7,12-16,24H,8-11H2,1-4H3. The molecule has 1 aromatic heterocycles. The van der Waals surface area contributed by atoms with Gasteiger partial charge >= 0.3 is 0 Å². The SMILES string of the molecule is COc1cccc(-n2nnnc2C2(Nc3cc(C)cc(C)c3)CCC(C)CC2)c1. The van der Waals surface area contributed by atoms with Gasteiger partial charge in [-0.1, -0.05) is 19.1 Å². The molecule has 0 unspecified atom stereocenters. The van der Waals surface area contributed by atoms with Crippen LogP contribution in [0, 0.1) is 19.8 Å². The Balaban J connectivity index is 1.78. The average molecular weight is 392 g/mol. The van der Waals surface area contributed by atoms with E-state index in [9.17, 15) is 0 Å². The van der Waals surface area contributed by atoms with Crippen LogP contribution in [0.1, 0.15) is 49.6 Å². The number of rotatable bonds is 5. The van der Waals surface area contributed by atoms with Crippen LogP contribution in [0.5, 0.6) is 5.75 Å². The number of benzene rings is 2. The summed E-state index contributed by atoms with van der Waals surface area (Å²) in [6.45, 7) is 6.59. The fourth-order valence-corrected chi connectivity index (χ4v) is 4.38. The van der Waals surface area contributed by atoms with Gasteiger partial charge in [-0.2, -0.15) is 4.68 Å². The number of anilines is 1. The second-order valence-electron chi connectivity index (χ2n) is 8.38. The Labute approximate surface area is 172 Å². The summed E-state index contributed by atoms with van der Waals surface area (Å²) in [5, 5.41) is 16.7. The Morgan fingerprint density at radius 1 is 1.07 bits per heavy atom. The highest BCUT2D eigenvalue weighted by atomic mass is 16.5. The summed E-state index contributed by atoms with van der Waals surface area (Å²) in [6, 6.07) is 14.5. The number of ether oxygens (including phenoxy) is 1. The number of nitrogens with one attached hydrogen (secondary N) is 1. The lowest BCUT2D eigenvalue weighted by Gasteiger charge is -2.39. The molecule has 1 aliphatic rings. The van der Waals surface area contributed by atoms with Gasteiger partial charge in [0.2, 0.25) is 0 Å². The maximum Gasteiger partial charge on any atom is 0.181 e. The van der Waals surface area contributed by atoms with Crippen molar-refractivity contribution in [1.82, 2.24) is 20.2 Å². The van der Waals surface area contributed by atoms with Gasteiger partial charge in [0, 0.05) is 11.8 Å². The van der Waals surface area contributed by atoms with E-state index in [-0.39, 0.29) is 5.54 Å². The number of hydrogen-bond acceptors (Lipinski definition) is 5. The van der Waals surface area contributed by atoms with Crippen LogP contribution in [-0.2, 0) is 5.54 Å². The largest absolute Gasteiger partial charge is 0.497 e. The summed E-state index contributed by atoms with van der Waals surface area (Å²) in [5.41, 5.74) is 4.22. The van der Waals surface area contributed by atoms with Gasteiger partial charge in [-0.3, -0.25) is 0 Å². The van der Waals surface area contributed by atoms with E-state index in [2.05, 4.69) is 59.8 Å². The lowest BCUT2D eigenvalue weighted by molar-refractivity contribution is 0.255. The van der Waals surface area contributed by atoms with Crippen LogP contribution in [0.3, 0.4) is 0 Å². The number of tetrazole rings is 1.